The first-order chi connectivity index (χ1) is 45.7. The average molecular weight is 1390 g/mol. The molecule has 0 aliphatic rings. The van der Waals surface area contributed by atoms with Crippen molar-refractivity contribution in [1.82, 2.24) is 9.80 Å². The fourth-order valence-corrected chi connectivity index (χ4v) is 13.3. The van der Waals surface area contributed by atoms with Crippen LogP contribution in [0.4, 0.5) is 0 Å². The van der Waals surface area contributed by atoms with E-state index in [0.717, 1.165) is 40.3 Å². The summed E-state index contributed by atoms with van der Waals surface area (Å²) >= 11 is 5.37. The van der Waals surface area contributed by atoms with E-state index in [1.54, 1.807) is 93.5 Å². The predicted octanol–water partition coefficient (Wildman–Crippen LogP) is 12.4. The van der Waals surface area contributed by atoms with E-state index in [4.69, 9.17) is 57.2 Å². The van der Waals surface area contributed by atoms with Gasteiger partial charge in [-0.15, -0.1) is 45.3 Å². The van der Waals surface area contributed by atoms with Gasteiger partial charge >= 0.3 is 23.9 Å². The Hall–Kier alpha value is -8.76. The fraction of sp³-hybridized carbons (Fsp3) is 0.412. The lowest BCUT2D eigenvalue weighted by atomic mass is 10.1. The SMILES string of the molecule is CCOC(=O)CCC(=O)c1cc2cc(OC)c(OCCCO)cc2s1.CCOC(=O)CCC(=O)c1cc2cc(OCCCOc3cc4cc(C(=O)N(C)CCC(=O)OCC)sc4cc3OC)c(OC)cc2s1.CCOC(=O)CCN(C)C(=O)c1cc2cc(O)c(OC)cc2s1. The average Bonchev–Trinajstić information content (AvgIpc) is 1.78. The number of fused-ring (bicyclic) bond motifs is 4. The summed E-state index contributed by atoms with van der Waals surface area (Å²) in [6.45, 7) is 9.88. The molecule has 2 amide bonds. The molecule has 95 heavy (non-hydrogen) atoms. The van der Waals surface area contributed by atoms with Crippen LogP contribution in [0.3, 0.4) is 0 Å². The van der Waals surface area contributed by atoms with E-state index in [1.807, 2.05) is 42.5 Å². The molecular weight excluding hydrogens is 1310 g/mol. The minimum atomic E-state index is -0.386. The largest absolute Gasteiger partial charge is 0.504 e. The number of thiophene rings is 4. The molecule has 4 aromatic carbocycles. The normalized spacial score (nSPS) is 10.8. The zero-order valence-electron chi connectivity index (χ0n) is 54.8. The molecule has 0 atom stereocenters. The Labute approximate surface area is 566 Å². The number of phenols is 1. The van der Waals surface area contributed by atoms with Gasteiger partial charge in [0.15, 0.2) is 57.6 Å². The molecule has 0 radical (unpaired) electrons. The van der Waals surface area contributed by atoms with Crippen molar-refractivity contribution in [3.63, 3.8) is 0 Å². The van der Waals surface area contributed by atoms with Gasteiger partial charge in [0.25, 0.3) is 11.8 Å². The minimum Gasteiger partial charge on any atom is -0.504 e. The Balaban J connectivity index is 0.000000249. The Morgan fingerprint density at radius 3 is 1.06 bits per heavy atom. The number of carbonyl (C=O) groups is 8. The van der Waals surface area contributed by atoms with E-state index in [9.17, 15) is 43.5 Å². The van der Waals surface area contributed by atoms with Gasteiger partial charge in [-0.1, -0.05) is 0 Å². The second-order valence-electron chi connectivity index (χ2n) is 20.6. The van der Waals surface area contributed by atoms with Gasteiger partial charge in [0, 0.05) is 103 Å². The Kier molecular flexibility index (Phi) is 30.1. The molecule has 0 fully saturated rings. The third kappa shape index (κ3) is 21.9. The van der Waals surface area contributed by atoms with E-state index < -0.39 is 0 Å². The molecule has 8 rings (SSSR count). The third-order valence-corrected chi connectivity index (χ3v) is 18.3. The van der Waals surface area contributed by atoms with Crippen molar-refractivity contribution < 1.29 is 101 Å². The minimum absolute atomic E-state index is 0.0347. The van der Waals surface area contributed by atoms with Crippen molar-refractivity contribution in [3.05, 3.63) is 92.3 Å². The topological polar surface area (TPSA) is 285 Å². The van der Waals surface area contributed by atoms with Gasteiger partial charge in [0.05, 0.1) is 120 Å². The van der Waals surface area contributed by atoms with Crippen molar-refractivity contribution in [3.8, 4) is 46.0 Å². The maximum absolute atomic E-state index is 13.0. The van der Waals surface area contributed by atoms with Crippen LogP contribution >= 0.6 is 45.3 Å². The summed E-state index contributed by atoms with van der Waals surface area (Å²) in [6.07, 6.45) is 1.73. The molecule has 0 aliphatic heterocycles. The number of aromatic hydroxyl groups is 1. The standard InChI is InChI=1S/C34H39NO10S2.C18H22O6S.C16H19NO5S/c1-6-42-32(37)10-9-23(36)30-17-21-15-26(24(40-4)19-28(21)46-30)44-13-8-14-45-27-16-22-18-31(47-29(22)20-25(27)41-5)34(39)35(3)12-11-33(38)43-7-2;1-3-23-18(21)6-5-13(20)17-10-12-9-14(22-2)15(11-16(12)25-17)24-8-4-7-19;1-4-22-15(19)5-6-17(2)16(20)14-8-10-7-11(18)12(21-3)9-13(10)23-14/h15-20H,6-14H2,1-5H3;9-11,19H,3-8H2,1-2H3;7-9,18H,4-6H2,1-3H3. The van der Waals surface area contributed by atoms with Gasteiger partial charge in [-0.05, 0) is 97.8 Å². The Morgan fingerprint density at radius 1 is 0.379 bits per heavy atom. The number of methoxy groups -OCH3 is 4. The fourth-order valence-electron chi connectivity index (χ4n) is 9.04. The molecule has 2 N–H and O–H groups in total. The molecule has 512 valence electrons. The lowest BCUT2D eigenvalue weighted by Gasteiger charge is -2.15. The van der Waals surface area contributed by atoms with Crippen LogP contribution in [0.1, 0.15) is 118 Å². The zero-order chi connectivity index (χ0) is 69.1. The highest BCUT2D eigenvalue weighted by molar-refractivity contribution is 7.22. The van der Waals surface area contributed by atoms with Crippen LogP contribution in [0, 0.1) is 0 Å². The lowest BCUT2D eigenvalue weighted by molar-refractivity contribution is -0.144. The maximum Gasteiger partial charge on any atom is 0.307 e. The van der Waals surface area contributed by atoms with E-state index >= 15 is 0 Å². The lowest BCUT2D eigenvalue weighted by Crippen LogP contribution is -2.28. The number of amides is 2. The van der Waals surface area contributed by atoms with Crippen LogP contribution in [0.15, 0.2) is 72.8 Å². The number of esters is 4. The molecule has 4 aromatic heterocycles. The van der Waals surface area contributed by atoms with E-state index in [0.29, 0.717) is 119 Å². The second kappa shape index (κ2) is 38.0. The van der Waals surface area contributed by atoms with Crippen molar-refractivity contribution in [2.75, 3.05) is 108 Å². The summed E-state index contributed by atoms with van der Waals surface area (Å²) in [5.41, 5.74) is 0. The van der Waals surface area contributed by atoms with Gasteiger partial charge in [-0.25, -0.2) is 0 Å². The Bertz CT molecular complexity index is 3940. The number of aliphatic hydroxyl groups is 1. The van der Waals surface area contributed by atoms with Crippen molar-refractivity contribution in [1.29, 1.82) is 0 Å². The second-order valence-corrected chi connectivity index (χ2v) is 25.0. The van der Waals surface area contributed by atoms with Gasteiger partial charge in [0.2, 0.25) is 0 Å². The van der Waals surface area contributed by atoms with E-state index in [2.05, 4.69) is 0 Å². The molecule has 0 saturated carbocycles. The van der Waals surface area contributed by atoms with Crippen LogP contribution in [0.5, 0.6) is 46.0 Å². The highest BCUT2D eigenvalue weighted by Gasteiger charge is 2.22. The van der Waals surface area contributed by atoms with E-state index in [1.165, 1.54) is 62.3 Å². The molecule has 4 heterocycles. The van der Waals surface area contributed by atoms with Gasteiger partial charge in [-0.2, -0.15) is 0 Å². The van der Waals surface area contributed by atoms with Crippen LogP contribution in [-0.4, -0.2) is 176 Å². The summed E-state index contributed by atoms with van der Waals surface area (Å²) in [5, 5.41) is 22.0. The number of benzene rings is 4. The molecule has 0 spiro atoms. The molecule has 0 saturated heterocycles. The highest BCUT2D eigenvalue weighted by atomic mass is 32.1. The number of hydrogen-bond donors (Lipinski definition) is 2. The zero-order valence-corrected chi connectivity index (χ0v) is 58.1. The van der Waals surface area contributed by atoms with Crippen LogP contribution in [0.25, 0.3) is 40.3 Å². The van der Waals surface area contributed by atoms with Crippen LogP contribution in [0.2, 0.25) is 0 Å². The molecule has 0 unspecified atom stereocenters. The predicted molar refractivity (Wildman–Crippen MR) is 365 cm³/mol. The summed E-state index contributed by atoms with van der Waals surface area (Å²) in [5.74, 6) is 1.79. The smallest absolute Gasteiger partial charge is 0.307 e. The first kappa shape index (κ1) is 75.3. The molecular formula is C68H80N2O21S4. The number of aliphatic hydroxyl groups excluding tert-OH is 1. The van der Waals surface area contributed by atoms with Crippen LogP contribution in [-0.2, 0) is 38.1 Å². The van der Waals surface area contributed by atoms with Gasteiger partial charge in [0.1, 0.15) is 0 Å². The van der Waals surface area contributed by atoms with Crippen molar-refractivity contribution >= 4 is 133 Å². The van der Waals surface area contributed by atoms with Gasteiger partial charge < -0.3 is 72.1 Å². The van der Waals surface area contributed by atoms with Crippen molar-refractivity contribution in [2.24, 2.45) is 0 Å². The maximum atomic E-state index is 13.0. The number of ether oxygens (including phenoxy) is 11. The number of nitrogens with zero attached hydrogens (tertiary/aromatic N) is 2. The monoisotopic (exact) mass is 1390 g/mol. The molecule has 8 aromatic rings. The summed E-state index contributed by atoms with van der Waals surface area (Å²) < 4.78 is 62.2. The van der Waals surface area contributed by atoms with E-state index in [-0.39, 0.29) is 111 Å². The van der Waals surface area contributed by atoms with Crippen molar-refractivity contribution in [2.45, 2.75) is 79.1 Å². The summed E-state index contributed by atoms with van der Waals surface area (Å²) in [4.78, 5) is 102. The number of hydrogen-bond acceptors (Lipinski definition) is 25. The van der Waals surface area contributed by atoms with Crippen LogP contribution < -0.4 is 33.2 Å². The molecule has 0 bridgehead atoms. The Morgan fingerprint density at radius 2 is 0.684 bits per heavy atom. The number of carbonyl (C=O) groups excluding carboxylic acids is 8. The number of ketones is 2. The number of phenolic OH excluding ortho intramolecular Hbond substituents is 1. The quantitative estimate of drug-likeness (QED) is 0.0164. The first-order valence-corrected chi connectivity index (χ1v) is 33.8. The molecule has 23 nitrogen and oxygen atoms in total. The van der Waals surface area contributed by atoms with Gasteiger partial charge in [-0.3, -0.25) is 38.4 Å². The number of rotatable bonds is 34. The first-order valence-electron chi connectivity index (χ1n) is 30.6. The molecule has 27 heteroatoms. The number of Topliss-reactive ketones (excluding diaryl/α,β-unsaturated/α-hetero) is 2. The molecule has 0 aliphatic carbocycles. The third-order valence-electron chi connectivity index (χ3n) is 13.9. The highest BCUT2D eigenvalue weighted by Crippen LogP contribution is 2.41. The summed E-state index contributed by atoms with van der Waals surface area (Å²) in [7, 11) is 9.45. The summed E-state index contributed by atoms with van der Waals surface area (Å²) in [6, 6.07) is 21.4.